The first-order valence-electron chi connectivity index (χ1n) is 7.34. The molecule has 0 N–H and O–H groups in total. The summed E-state index contributed by atoms with van der Waals surface area (Å²) in [6, 6.07) is 13.2. The lowest BCUT2D eigenvalue weighted by molar-refractivity contribution is 1.44. The molecule has 2 heteroatoms. The average Bonchev–Trinajstić information content (AvgIpc) is 2.62. The summed E-state index contributed by atoms with van der Waals surface area (Å²) in [6.07, 6.45) is 4.76. The van der Waals surface area contributed by atoms with Crippen LogP contribution in [0, 0.1) is 22.7 Å². The summed E-state index contributed by atoms with van der Waals surface area (Å²) in [5.41, 5.74) is 1.95. The van der Waals surface area contributed by atoms with E-state index in [4.69, 9.17) is 0 Å². The van der Waals surface area contributed by atoms with Gasteiger partial charge >= 0.3 is 0 Å². The molecule has 1 aromatic carbocycles. The first kappa shape index (κ1) is 21.5. The third-order valence-electron chi connectivity index (χ3n) is 2.34. The van der Waals surface area contributed by atoms with Crippen molar-refractivity contribution < 1.29 is 0 Å². The third kappa shape index (κ3) is 6.55. The van der Waals surface area contributed by atoms with Crippen LogP contribution in [0.25, 0.3) is 5.57 Å². The van der Waals surface area contributed by atoms with E-state index in [0.717, 1.165) is 0 Å². The molecule has 0 saturated heterocycles. The quantitative estimate of drug-likeness (QED) is 0.517. The van der Waals surface area contributed by atoms with Gasteiger partial charge < -0.3 is 0 Å². The van der Waals surface area contributed by atoms with Crippen molar-refractivity contribution >= 4 is 5.57 Å². The summed E-state index contributed by atoms with van der Waals surface area (Å²) in [5, 5.41) is 18.5. The molecule has 0 fully saturated rings. The van der Waals surface area contributed by atoms with Gasteiger partial charge in [0.25, 0.3) is 0 Å². The zero-order valence-corrected chi connectivity index (χ0v) is 13.9. The normalized spacial score (nSPS) is 10.2. The van der Waals surface area contributed by atoms with Crippen LogP contribution in [-0.2, 0) is 0 Å². The number of nitrogens with zero attached hydrogens (tertiary/aromatic N) is 2. The molecule has 22 heavy (non-hydrogen) atoms. The number of hydrogen-bond acceptors (Lipinski definition) is 2. The van der Waals surface area contributed by atoms with E-state index >= 15 is 0 Å². The molecule has 0 aliphatic carbocycles. The topological polar surface area (TPSA) is 47.6 Å². The summed E-state index contributed by atoms with van der Waals surface area (Å²) in [5.74, 6) is 0. The lowest BCUT2D eigenvalue weighted by Crippen LogP contribution is -1.91. The third-order valence-corrected chi connectivity index (χ3v) is 2.34. The predicted octanol–water partition coefficient (Wildman–Crippen LogP) is 5.84. The first-order chi connectivity index (χ1) is 10.8. The van der Waals surface area contributed by atoms with Crippen LogP contribution in [0.2, 0.25) is 0 Å². The van der Waals surface area contributed by atoms with Crippen LogP contribution < -0.4 is 0 Å². The summed E-state index contributed by atoms with van der Waals surface area (Å²) in [4.78, 5) is 0. The van der Waals surface area contributed by atoms with Gasteiger partial charge in [-0.05, 0) is 11.1 Å². The Morgan fingerprint density at radius 3 is 1.86 bits per heavy atom. The van der Waals surface area contributed by atoms with Crippen molar-refractivity contribution in [3.05, 3.63) is 78.4 Å². The zero-order valence-electron chi connectivity index (χ0n) is 13.9. The zero-order chi connectivity index (χ0) is 17.4. The fraction of sp³-hybridized carbons (Fsp3) is 0.200. The van der Waals surface area contributed by atoms with Crippen molar-refractivity contribution in [1.29, 1.82) is 10.5 Å². The molecule has 0 aliphatic heterocycles. The number of hydrogen-bond donors (Lipinski definition) is 0. The lowest BCUT2D eigenvalue weighted by Gasteiger charge is -2.04. The highest BCUT2D eigenvalue weighted by molar-refractivity contribution is 5.85. The fourth-order valence-corrected chi connectivity index (χ4v) is 1.51. The van der Waals surface area contributed by atoms with Gasteiger partial charge in [0.2, 0.25) is 0 Å². The van der Waals surface area contributed by atoms with Crippen LogP contribution in [0.3, 0.4) is 0 Å². The number of allylic oxidation sites excluding steroid dienone is 6. The van der Waals surface area contributed by atoms with Gasteiger partial charge in [0.15, 0.2) is 0 Å². The van der Waals surface area contributed by atoms with Gasteiger partial charge in [-0.3, -0.25) is 0 Å². The second kappa shape index (κ2) is 14.6. The molecule has 0 saturated carbocycles. The van der Waals surface area contributed by atoms with Crippen molar-refractivity contribution in [3.63, 3.8) is 0 Å². The summed E-state index contributed by atoms with van der Waals surface area (Å²) >= 11 is 0. The Morgan fingerprint density at radius 2 is 1.50 bits per heavy atom. The van der Waals surface area contributed by atoms with Crippen LogP contribution >= 0.6 is 0 Å². The molecular formula is C20H24N2. The van der Waals surface area contributed by atoms with E-state index in [9.17, 15) is 10.5 Å². The molecule has 0 aliphatic rings. The largest absolute Gasteiger partial charge is 0.192 e. The van der Waals surface area contributed by atoms with E-state index in [0.29, 0.717) is 22.3 Å². The Kier molecular flexibility index (Phi) is 14.2. The number of rotatable bonds is 4. The van der Waals surface area contributed by atoms with Gasteiger partial charge in [0, 0.05) is 0 Å². The molecule has 114 valence electrons. The van der Waals surface area contributed by atoms with Crippen molar-refractivity contribution in [2.75, 3.05) is 0 Å². The van der Waals surface area contributed by atoms with Crippen LogP contribution in [-0.4, -0.2) is 0 Å². The second-order valence-corrected chi connectivity index (χ2v) is 3.40. The SMILES string of the molecule is C=C/C=C(C=C)/C(C#N)=C(\C#N)c1ccccc1.CC.CC. The maximum absolute atomic E-state index is 9.25. The lowest BCUT2D eigenvalue weighted by atomic mass is 9.96. The Hall–Kier alpha value is -2.84. The van der Waals surface area contributed by atoms with E-state index in [1.807, 2.05) is 45.9 Å². The summed E-state index contributed by atoms with van der Waals surface area (Å²) in [6.45, 7) is 15.2. The van der Waals surface area contributed by atoms with Gasteiger partial charge in [0.1, 0.15) is 12.1 Å². The van der Waals surface area contributed by atoms with Crippen molar-refractivity contribution in [1.82, 2.24) is 0 Å². The van der Waals surface area contributed by atoms with Crippen molar-refractivity contribution in [3.8, 4) is 12.1 Å². The Balaban J connectivity index is 0. The van der Waals surface area contributed by atoms with Gasteiger partial charge in [-0.1, -0.05) is 89.4 Å². The minimum absolute atomic E-state index is 0.304. The van der Waals surface area contributed by atoms with E-state index in [1.54, 1.807) is 30.4 Å². The number of benzene rings is 1. The number of nitriles is 2. The van der Waals surface area contributed by atoms with Gasteiger partial charge in [-0.2, -0.15) is 10.5 Å². The van der Waals surface area contributed by atoms with Crippen LogP contribution in [0.15, 0.2) is 72.9 Å². The summed E-state index contributed by atoms with van der Waals surface area (Å²) < 4.78 is 0. The highest BCUT2D eigenvalue weighted by Gasteiger charge is 2.10. The molecule has 1 aromatic rings. The van der Waals surface area contributed by atoms with E-state index in [1.165, 1.54) is 0 Å². The molecule has 0 atom stereocenters. The minimum Gasteiger partial charge on any atom is -0.192 e. The Morgan fingerprint density at radius 1 is 0.955 bits per heavy atom. The second-order valence-electron chi connectivity index (χ2n) is 3.40. The minimum atomic E-state index is 0.304. The molecule has 1 rings (SSSR count). The van der Waals surface area contributed by atoms with Crippen LogP contribution in [0.4, 0.5) is 0 Å². The molecule has 0 spiro atoms. The molecule has 0 heterocycles. The van der Waals surface area contributed by atoms with Crippen LogP contribution in [0.1, 0.15) is 33.3 Å². The Bertz CT molecular complexity index is 591. The van der Waals surface area contributed by atoms with Gasteiger partial charge in [0.05, 0.1) is 11.1 Å². The molecule has 0 radical (unpaired) electrons. The van der Waals surface area contributed by atoms with Gasteiger partial charge in [-0.15, -0.1) is 0 Å². The fourth-order valence-electron chi connectivity index (χ4n) is 1.51. The average molecular weight is 292 g/mol. The first-order valence-corrected chi connectivity index (χ1v) is 7.34. The standard InChI is InChI=1S/C16H12N2.2C2H6/c1-3-8-13(4-2)15(11-17)16(12-18)14-9-6-5-7-10-14;2*1-2/h3-10H,1-2H2;2*1-2H3/b13-8+,16-15+;;. The maximum atomic E-state index is 9.25. The monoisotopic (exact) mass is 292 g/mol. The molecule has 0 unspecified atom stereocenters. The molecule has 0 aromatic heterocycles. The highest BCUT2D eigenvalue weighted by atomic mass is 14.3. The van der Waals surface area contributed by atoms with Crippen LogP contribution in [0.5, 0.6) is 0 Å². The van der Waals surface area contributed by atoms with E-state index in [-0.39, 0.29) is 0 Å². The Labute approximate surface area is 135 Å². The molecule has 0 bridgehead atoms. The van der Waals surface area contributed by atoms with Crippen molar-refractivity contribution in [2.45, 2.75) is 27.7 Å². The van der Waals surface area contributed by atoms with E-state index < -0.39 is 0 Å². The predicted molar refractivity (Wildman–Crippen MR) is 95.8 cm³/mol. The molecular weight excluding hydrogens is 268 g/mol. The summed E-state index contributed by atoms with van der Waals surface area (Å²) in [7, 11) is 0. The highest BCUT2D eigenvalue weighted by Crippen LogP contribution is 2.23. The van der Waals surface area contributed by atoms with Gasteiger partial charge in [-0.25, -0.2) is 0 Å². The smallest absolute Gasteiger partial charge is 0.101 e. The van der Waals surface area contributed by atoms with E-state index in [2.05, 4.69) is 25.3 Å². The molecule has 2 nitrogen and oxygen atoms in total. The van der Waals surface area contributed by atoms with Crippen molar-refractivity contribution in [2.24, 2.45) is 0 Å². The molecule has 0 amide bonds. The maximum Gasteiger partial charge on any atom is 0.101 e.